The summed E-state index contributed by atoms with van der Waals surface area (Å²) in [6.07, 6.45) is 2.27. The van der Waals surface area contributed by atoms with Crippen LogP contribution in [0.15, 0.2) is 29.3 Å². The largest absolute Gasteiger partial charge is 0.481 e. The number of piperidine rings is 1. The van der Waals surface area contributed by atoms with E-state index in [9.17, 15) is 4.79 Å². The van der Waals surface area contributed by atoms with E-state index in [0.29, 0.717) is 0 Å². The van der Waals surface area contributed by atoms with Gasteiger partial charge >= 0.3 is 5.97 Å². The average molecular weight is 317 g/mol. The van der Waals surface area contributed by atoms with Crippen LogP contribution < -0.4 is 4.90 Å². The SMILES string of the molecule is CC1CCN(c2nc3ccccc3nc2SCC(=O)O)CC1. The molecule has 0 atom stereocenters. The molecule has 0 bridgehead atoms. The number of carboxylic acid groups (broad SMARTS) is 1. The van der Waals surface area contributed by atoms with E-state index in [2.05, 4.69) is 16.8 Å². The monoisotopic (exact) mass is 317 g/mol. The molecule has 0 spiro atoms. The predicted octanol–water partition coefficient (Wildman–Crippen LogP) is 3.04. The molecule has 1 aliphatic heterocycles. The number of aliphatic carboxylic acids is 1. The number of thioether (sulfide) groups is 1. The highest BCUT2D eigenvalue weighted by atomic mass is 32.2. The lowest BCUT2D eigenvalue weighted by Gasteiger charge is -2.32. The molecule has 0 unspecified atom stereocenters. The van der Waals surface area contributed by atoms with E-state index in [-0.39, 0.29) is 5.75 Å². The number of fused-ring (bicyclic) bond motifs is 1. The smallest absolute Gasteiger partial charge is 0.313 e. The van der Waals surface area contributed by atoms with Gasteiger partial charge in [0.05, 0.1) is 16.8 Å². The van der Waals surface area contributed by atoms with Gasteiger partial charge in [0, 0.05) is 13.1 Å². The predicted molar refractivity (Wildman–Crippen MR) is 88.5 cm³/mol. The molecule has 1 aromatic heterocycles. The van der Waals surface area contributed by atoms with E-state index in [1.165, 1.54) is 11.8 Å². The molecule has 6 heteroatoms. The highest BCUT2D eigenvalue weighted by molar-refractivity contribution is 8.00. The molecule has 3 rings (SSSR count). The van der Waals surface area contributed by atoms with Crippen molar-refractivity contribution in [2.45, 2.75) is 24.8 Å². The average Bonchev–Trinajstić information content (AvgIpc) is 2.53. The minimum absolute atomic E-state index is 0.00423. The van der Waals surface area contributed by atoms with Crippen molar-refractivity contribution in [3.8, 4) is 0 Å². The fourth-order valence-corrected chi connectivity index (χ4v) is 3.35. The van der Waals surface area contributed by atoms with Crippen LogP contribution in [0.1, 0.15) is 19.8 Å². The van der Waals surface area contributed by atoms with Crippen LogP contribution in [0.4, 0.5) is 5.82 Å². The lowest BCUT2D eigenvalue weighted by atomic mass is 9.99. The summed E-state index contributed by atoms with van der Waals surface area (Å²) in [5.74, 6) is 0.736. The normalized spacial score (nSPS) is 16.1. The summed E-state index contributed by atoms with van der Waals surface area (Å²) in [6.45, 7) is 4.17. The Hall–Kier alpha value is -1.82. The first-order chi connectivity index (χ1) is 10.6. The number of carboxylic acids is 1. The maximum atomic E-state index is 10.9. The number of rotatable bonds is 4. The number of aromatic nitrogens is 2. The fraction of sp³-hybridized carbons (Fsp3) is 0.438. The van der Waals surface area contributed by atoms with Gasteiger partial charge in [-0.15, -0.1) is 0 Å². The first-order valence-corrected chi connectivity index (χ1v) is 8.48. The molecule has 116 valence electrons. The second-order valence-electron chi connectivity index (χ2n) is 5.69. The second-order valence-corrected chi connectivity index (χ2v) is 6.66. The quantitative estimate of drug-likeness (QED) is 0.874. The van der Waals surface area contributed by atoms with Crippen molar-refractivity contribution >= 4 is 34.6 Å². The lowest BCUT2D eigenvalue weighted by molar-refractivity contribution is -0.133. The topological polar surface area (TPSA) is 66.3 Å². The molecular weight excluding hydrogens is 298 g/mol. The maximum absolute atomic E-state index is 10.9. The van der Waals surface area contributed by atoms with Crippen molar-refractivity contribution in [3.05, 3.63) is 24.3 Å². The van der Waals surface area contributed by atoms with Crippen LogP contribution in [-0.2, 0) is 4.79 Å². The van der Waals surface area contributed by atoms with E-state index >= 15 is 0 Å². The Bertz CT molecular complexity index is 684. The minimum atomic E-state index is -0.835. The molecule has 0 aliphatic carbocycles. The summed E-state index contributed by atoms with van der Waals surface area (Å²) < 4.78 is 0. The summed E-state index contributed by atoms with van der Waals surface area (Å²) in [7, 11) is 0. The zero-order chi connectivity index (χ0) is 15.5. The second kappa shape index (κ2) is 6.52. The highest BCUT2D eigenvalue weighted by Crippen LogP contribution is 2.31. The van der Waals surface area contributed by atoms with Gasteiger partial charge in [0.1, 0.15) is 5.03 Å². The molecular formula is C16H19N3O2S. The molecule has 1 aromatic carbocycles. The molecule has 1 fully saturated rings. The van der Waals surface area contributed by atoms with Gasteiger partial charge in [-0.25, -0.2) is 9.97 Å². The molecule has 2 heterocycles. The Morgan fingerprint density at radius 2 is 1.91 bits per heavy atom. The molecule has 1 saturated heterocycles. The van der Waals surface area contributed by atoms with Crippen molar-refractivity contribution in [2.24, 2.45) is 5.92 Å². The van der Waals surface area contributed by atoms with Gasteiger partial charge in [-0.3, -0.25) is 4.79 Å². The van der Waals surface area contributed by atoms with Crippen molar-refractivity contribution in [1.29, 1.82) is 0 Å². The Balaban J connectivity index is 1.97. The third-order valence-corrected chi connectivity index (χ3v) is 4.88. The number of anilines is 1. The number of benzene rings is 1. The van der Waals surface area contributed by atoms with E-state index in [4.69, 9.17) is 10.1 Å². The van der Waals surface area contributed by atoms with Crippen LogP contribution in [0.3, 0.4) is 0 Å². The molecule has 1 aliphatic rings. The van der Waals surface area contributed by atoms with Gasteiger partial charge in [0.25, 0.3) is 0 Å². The molecule has 0 radical (unpaired) electrons. The number of hydrogen-bond donors (Lipinski definition) is 1. The van der Waals surface area contributed by atoms with Gasteiger partial charge in [0.15, 0.2) is 5.82 Å². The van der Waals surface area contributed by atoms with Gasteiger partial charge in [-0.1, -0.05) is 30.8 Å². The molecule has 2 aromatic rings. The zero-order valence-corrected chi connectivity index (χ0v) is 13.3. The number of hydrogen-bond acceptors (Lipinski definition) is 5. The summed E-state index contributed by atoms with van der Waals surface area (Å²) >= 11 is 1.25. The Labute approximate surface area is 133 Å². The maximum Gasteiger partial charge on any atom is 0.313 e. The number of nitrogens with zero attached hydrogens (tertiary/aromatic N) is 3. The van der Waals surface area contributed by atoms with Crippen LogP contribution in [0.2, 0.25) is 0 Å². The van der Waals surface area contributed by atoms with Crippen LogP contribution >= 0.6 is 11.8 Å². The molecule has 22 heavy (non-hydrogen) atoms. The molecule has 5 nitrogen and oxygen atoms in total. The van der Waals surface area contributed by atoms with Gasteiger partial charge in [0.2, 0.25) is 0 Å². The van der Waals surface area contributed by atoms with Crippen LogP contribution in [0.5, 0.6) is 0 Å². The molecule has 0 amide bonds. The van der Waals surface area contributed by atoms with Crippen molar-refractivity contribution in [3.63, 3.8) is 0 Å². The van der Waals surface area contributed by atoms with Crippen LogP contribution in [0, 0.1) is 5.92 Å². The number of carbonyl (C=O) groups is 1. The van der Waals surface area contributed by atoms with Gasteiger partial charge in [-0.05, 0) is 30.9 Å². The summed E-state index contributed by atoms with van der Waals surface area (Å²) in [5, 5.41) is 9.66. The number of para-hydroxylation sites is 2. The lowest BCUT2D eigenvalue weighted by Crippen LogP contribution is -2.34. The van der Waals surface area contributed by atoms with Crippen molar-refractivity contribution in [2.75, 3.05) is 23.7 Å². The highest BCUT2D eigenvalue weighted by Gasteiger charge is 2.21. The van der Waals surface area contributed by atoms with Gasteiger partial charge in [-0.2, -0.15) is 0 Å². The Kier molecular flexibility index (Phi) is 4.47. The third-order valence-electron chi connectivity index (χ3n) is 3.94. The standard InChI is InChI=1S/C16H19N3O2S/c1-11-6-8-19(9-7-11)15-16(22-10-14(20)21)18-13-5-3-2-4-12(13)17-15/h2-5,11H,6-10H2,1H3,(H,20,21). The molecule has 1 N–H and O–H groups in total. The first kappa shape index (κ1) is 15.1. The van der Waals surface area contributed by atoms with Crippen molar-refractivity contribution in [1.82, 2.24) is 9.97 Å². The van der Waals surface area contributed by atoms with E-state index in [1.54, 1.807) is 0 Å². The first-order valence-electron chi connectivity index (χ1n) is 7.50. The van der Waals surface area contributed by atoms with Crippen LogP contribution in [0.25, 0.3) is 11.0 Å². The van der Waals surface area contributed by atoms with E-state index < -0.39 is 5.97 Å². The van der Waals surface area contributed by atoms with Crippen LogP contribution in [-0.4, -0.2) is 39.9 Å². The molecule has 0 saturated carbocycles. The van der Waals surface area contributed by atoms with Crippen molar-refractivity contribution < 1.29 is 9.90 Å². The minimum Gasteiger partial charge on any atom is -0.481 e. The fourth-order valence-electron chi connectivity index (χ4n) is 2.63. The third kappa shape index (κ3) is 3.32. The zero-order valence-electron chi connectivity index (χ0n) is 12.5. The Morgan fingerprint density at radius 3 is 2.55 bits per heavy atom. The summed E-state index contributed by atoms with van der Waals surface area (Å²) in [4.78, 5) is 22.5. The summed E-state index contributed by atoms with van der Waals surface area (Å²) in [5.41, 5.74) is 1.67. The Morgan fingerprint density at radius 1 is 1.27 bits per heavy atom. The van der Waals surface area contributed by atoms with E-state index in [1.807, 2.05) is 24.3 Å². The van der Waals surface area contributed by atoms with E-state index in [0.717, 1.165) is 53.7 Å². The van der Waals surface area contributed by atoms with Gasteiger partial charge < -0.3 is 10.0 Å². The summed E-state index contributed by atoms with van der Waals surface area (Å²) in [6, 6.07) is 7.73.